The van der Waals surface area contributed by atoms with Crippen LogP contribution in [0.4, 0.5) is 4.39 Å². The van der Waals surface area contributed by atoms with Gasteiger partial charge >= 0.3 is 0 Å². The lowest BCUT2D eigenvalue weighted by Gasteiger charge is -1.97. The number of H-pyrrole nitrogens is 1. The first-order valence-electron chi connectivity index (χ1n) is 3.62. The largest absolute Gasteiger partial charge is 0.497 e. The quantitative estimate of drug-likeness (QED) is 0.689. The number of aromatic amines is 1. The highest BCUT2D eigenvalue weighted by Gasteiger charge is 2.02. The molecule has 0 fully saturated rings. The molecule has 3 heteroatoms. The molecule has 0 bridgehead atoms. The van der Waals surface area contributed by atoms with Crippen LogP contribution in [0.25, 0.3) is 10.9 Å². The molecule has 12 heavy (non-hydrogen) atoms. The summed E-state index contributed by atoms with van der Waals surface area (Å²) in [4.78, 5) is 2.81. The number of rotatable bonds is 1. The van der Waals surface area contributed by atoms with E-state index in [-0.39, 0.29) is 5.82 Å². The van der Waals surface area contributed by atoms with E-state index in [1.165, 1.54) is 6.20 Å². The summed E-state index contributed by atoms with van der Waals surface area (Å²) in [6, 6.07) is 5.19. The average Bonchev–Trinajstić information content (AvgIpc) is 2.47. The fourth-order valence-electron chi connectivity index (χ4n) is 1.20. The molecule has 0 aliphatic rings. The molecule has 0 saturated carbocycles. The van der Waals surface area contributed by atoms with Gasteiger partial charge in [0.1, 0.15) is 11.6 Å². The monoisotopic (exact) mass is 165 g/mol. The van der Waals surface area contributed by atoms with Crippen molar-refractivity contribution in [3.63, 3.8) is 0 Å². The van der Waals surface area contributed by atoms with Gasteiger partial charge in [0.25, 0.3) is 0 Å². The minimum absolute atomic E-state index is 0.229. The summed E-state index contributed by atoms with van der Waals surface area (Å²) in [6.45, 7) is 0. The maximum absolute atomic E-state index is 12.9. The molecule has 1 aromatic heterocycles. The number of fused-ring (bicyclic) bond motifs is 1. The molecule has 0 atom stereocenters. The molecule has 0 radical (unpaired) electrons. The molecule has 2 nitrogen and oxygen atoms in total. The van der Waals surface area contributed by atoms with Gasteiger partial charge in [-0.05, 0) is 12.1 Å². The standard InChI is InChI=1S/C9H8FNO/c1-12-6-2-3-7-8(10)5-11-9(7)4-6/h2-5,11H,1H3. The molecule has 0 unspecified atom stereocenters. The van der Waals surface area contributed by atoms with E-state index in [9.17, 15) is 4.39 Å². The topological polar surface area (TPSA) is 25.0 Å². The maximum Gasteiger partial charge on any atom is 0.148 e. The van der Waals surface area contributed by atoms with E-state index in [0.717, 1.165) is 11.3 Å². The van der Waals surface area contributed by atoms with Crippen LogP contribution in [0, 0.1) is 5.82 Å². The number of nitrogens with one attached hydrogen (secondary N) is 1. The summed E-state index contributed by atoms with van der Waals surface area (Å²) in [6.07, 6.45) is 1.34. The average molecular weight is 165 g/mol. The van der Waals surface area contributed by atoms with Gasteiger partial charge in [0, 0.05) is 17.6 Å². The van der Waals surface area contributed by atoms with Crippen LogP contribution in [-0.2, 0) is 0 Å². The summed E-state index contributed by atoms with van der Waals surface area (Å²) in [5.41, 5.74) is 0.756. The lowest BCUT2D eigenvalue weighted by Crippen LogP contribution is -1.81. The van der Waals surface area contributed by atoms with Crippen molar-refractivity contribution in [1.29, 1.82) is 0 Å². The molecule has 1 heterocycles. The second-order valence-corrected chi connectivity index (χ2v) is 2.55. The van der Waals surface area contributed by atoms with E-state index in [2.05, 4.69) is 4.98 Å². The van der Waals surface area contributed by atoms with E-state index in [4.69, 9.17) is 4.74 Å². The van der Waals surface area contributed by atoms with Gasteiger partial charge in [-0.25, -0.2) is 4.39 Å². The van der Waals surface area contributed by atoms with Gasteiger partial charge in [-0.2, -0.15) is 0 Å². The predicted molar refractivity (Wildman–Crippen MR) is 44.8 cm³/mol. The molecule has 0 aliphatic carbocycles. The van der Waals surface area contributed by atoms with Crippen molar-refractivity contribution < 1.29 is 9.13 Å². The van der Waals surface area contributed by atoms with Crippen molar-refractivity contribution in [2.24, 2.45) is 0 Å². The summed E-state index contributed by atoms with van der Waals surface area (Å²) in [5, 5.41) is 0.593. The van der Waals surface area contributed by atoms with E-state index in [1.54, 1.807) is 25.3 Å². The molecule has 62 valence electrons. The van der Waals surface area contributed by atoms with Crippen molar-refractivity contribution in [2.45, 2.75) is 0 Å². The Morgan fingerprint density at radius 3 is 3.00 bits per heavy atom. The van der Waals surface area contributed by atoms with Crippen LogP contribution in [0.5, 0.6) is 5.75 Å². The summed E-state index contributed by atoms with van der Waals surface area (Å²) < 4.78 is 17.9. The third-order valence-corrected chi connectivity index (χ3v) is 1.84. The Bertz CT molecular complexity index is 408. The molecule has 2 rings (SSSR count). The molecule has 1 N–H and O–H groups in total. The SMILES string of the molecule is COc1ccc2c(F)c[nH]c2c1. The third-order valence-electron chi connectivity index (χ3n) is 1.84. The predicted octanol–water partition coefficient (Wildman–Crippen LogP) is 2.32. The lowest BCUT2D eigenvalue weighted by molar-refractivity contribution is 0.415. The van der Waals surface area contributed by atoms with Crippen LogP contribution in [0.1, 0.15) is 0 Å². The van der Waals surface area contributed by atoms with Crippen LogP contribution in [-0.4, -0.2) is 12.1 Å². The lowest BCUT2D eigenvalue weighted by atomic mass is 10.2. The van der Waals surface area contributed by atoms with Crippen molar-refractivity contribution in [3.05, 3.63) is 30.2 Å². The molecule has 1 aromatic carbocycles. The number of aromatic nitrogens is 1. The summed E-state index contributed by atoms with van der Waals surface area (Å²) in [7, 11) is 1.58. The van der Waals surface area contributed by atoms with E-state index in [0.29, 0.717) is 5.39 Å². The Hall–Kier alpha value is -1.51. The zero-order valence-electron chi connectivity index (χ0n) is 6.60. The zero-order chi connectivity index (χ0) is 8.55. The van der Waals surface area contributed by atoms with Gasteiger partial charge in [0.05, 0.1) is 12.6 Å². The minimum Gasteiger partial charge on any atom is -0.497 e. The minimum atomic E-state index is -0.229. The van der Waals surface area contributed by atoms with Crippen molar-refractivity contribution >= 4 is 10.9 Å². The van der Waals surface area contributed by atoms with Crippen molar-refractivity contribution in [2.75, 3.05) is 7.11 Å². The molecular weight excluding hydrogens is 157 g/mol. The Morgan fingerprint density at radius 1 is 1.42 bits per heavy atom. The Labute approximate surface area is 69.0 Å². The third kappa shape index (κ3) is 0.942. The first kappa shape index (κ1) is 7.16. The smallest absolute Gasteiger partial charge is 0.148 e. The number of benzene rings is 1. The second kappa shape index (κ2) is 2.52. The first-order chi connectivity index (χ1) is 5.81. The zero-order valence-corrected chi connectivity index (χ0v) is 6.60. The van der Waals surface area contributed by atoms with Gasteiger partial charge < -0.3 is 9.72 Å². The van der Waals surface area contributed by atoms with E-state index < -0.39 is 0 Å². The molecule has 0 spiro atoms. The van der Waals surface area contributed by atoms with Gasteiger partial charge in [0.15, 0.2) is 0 Å². The Balaban J connectivity index is 2.69. The van der Waals surface area contributed by atoms with Crippen LogP contribution < -0.4 is 4.74 Å². The summed E-state index contributed by atoms with van der Waals surface area (Å²) >= 11 is 0. The fourth-order valence-corrected chi connectivity index (χ4v) is 1.20. The van der Waals surface area contributed by atoms with E-state index >= 15 is 0 Å². The highest BCUT2D eigenvalue weighted by Crippen LogP contribution is 2.21. The van der Waals surface area contributed by atoms with Crippen LogP contribution in [0.3, 0.4) is 0 Å². The Kier molecular flexibility index (Phi) is 1.50. The molecule has 2 aromatic rings. The van der Waals surface area contributed by atoms with Crippen molar-refractivity contribution in [1.82, 2.24) is 4.98 Å². The second-order valence-electron chi connectivity index (χ2n) is 2.55. The van der Waals surface area contributed by atoms with Crippen LogP contribution in [0.2, 0.25) is 0 Å². The number of halogens is 1. The highest BCUT2D eigenvalue weighted by atomic mass is 19.1. The number of ether oxygens (including phenoxy) is 1. The van der Waals surface area contributed by atoms with Gasteiger partial charge in [-0.1, -0.05) is 0 Å². The van der Waals surface area contributed by atoms with Gasteiger partial charge in [-0.3, -0.25) is 0 Å². The number of hydrogen-bond acceptors (Lipinski definition) is 1. The van der Waals surface area contributed by atoms with E-state index in [1.807, 2.05) is 0 Å². The molecule has 0 amide bonds. The van der Waals surface area contributed by atoms with Crippen LogP contribution >= 0.6 is 0 Å². The maximum atomic E-state index is 12.9. The highest BCUT2D eigenvalue weighted by molar-refractivity contribution is 5.81. The summed E-state index contributed by atoms with van der Waals surface area (Å²) in [5.74, 6) is 0.497. The van der Waals surface area contributed by atoms with Gasteiger partial charge in [-0.15, -0.1) is 0 Å². The Morgan fingerprint density at radius 2 is 2.25 bits per heavy atom. The van der Waals surface area contributed by atoms with Gasteiger partial charge in [0.2, 0.25) is 0 Å². The fraction of sp³-hybridized carbons (Fsp3) is 0.111. The van der Waals surface area contributed by atoms with Crippen molar-refractivity contribution in [3.8, 4) is 5.75 Å². The molecular formula is C9H8FNO. The number of methoxy groups -OCH3 is 1. The van der Waals surface area contributed by atoms with Crippen LogP contribution in [0.15, 0.2) is 24.4 Å². The molecule has 0 aliphatic heterocycles. The number of hydrogen-bond donors (Lipinski definition) is 1. The first-order valence-corrected chi connectivity index (χ1v) is 3.62. The molecule has 0 saturated heterocycles. The normalized spacial score (nSPS) is 10.5.